The number of hydrogen-bond donors (Lipinski definition) is 0. The molecule has 28 heavy (non-hydrogen) atoms. The van der Waals surface area contributed by atoms with Gasteiger partial charge in [-0.2, -0.15) is 0 Å². The van der Waals surface area contributed by atoms with Crippen LogP contribution in [0.15, 0.2) is 42.5 Å². The van der Waals surface area contributed by atoms with Crippen molar-refractivity contribution < 1.29 is 28.5 Å². The second kappa shape index (κ2) is 8.65. The molecule has 7 nitrogen and oxygen atoms in total. The highest BCUT2D eigenvalue weighted by molar-refractivity contribution is 5.97. The number of methoxy groups -OCH3 is 3. The summed E-state index contributed by atoms with van der Waals surface area (Å²) in [7, 11) is 4.46. The maximum atomic E-state index is 13.0. The Kier molecular flexibility index (Phi) is 6.03. The summed E-state index contributed by atoms with van der Waals surface area (Å²) >= 11 is 0. The molecule has 0 saturated heterocycles. The van der Waals surface area contributed by atoms with Gasteiger partial charge in [0.25, 0.3) is 0 Å². The fourth-order valence-electron chi connectivity index (χ4n) is 3.27. The summed E-state index contributed by atoms with van der Waals surface area (Å²) in [5, 5.41) is 0. The first-order chi connectivity index (χ1) is 13.6. The maximum Gasteiger partial charge on any atom is 0.348 e. The van der Waals surface area contributed by atoms with Crippen LogP contribution >= 0.6 is 0 Å². The van der Waals surface area contributed by atoms with E-state index in [1.165, 1.54) is 7.11 Å². The monoisotopic (exact) mass is 385 g/mol. The van der Waals surface area contributed by atoms with Gasteiger partial charge < -0.3 is 23.8 Å². The number of anilines is 1. The third-order valence-electron chi connectivity index (χ3n) is 4.66. The lowest BCUT2D eigenvalue weighted by atomic mass is 10.1. The molecule has 1 heterocycles. The lowest BCUT2D eigenvalue weighted by molar-refractivity contribution is -0.148. The number of amides is 1. The third kappa shape index (κ3) is 3.88. The highest BCUT2D eigenvalue weighted by atomic mass is 16.6. The minimum atomic E-state index is -0.857. The van der Waals surface area contributed by atoms with E-state index in [1.54, 1.807) is 37.3 Å². The molecule has 7 heteroatoms. The zero-order valence-electron chi connectivity index (χ0n) is 16.1. The Morgan fingerprint density at radius 2 is 1.71 bits per heavy atom. The largest absolute Gasteiger partial charge is 0.496 e. The van der Waals surface area contributed by atoms with Gasteiger partial charge in [-0.3, -0.25) is 4.79 Å². The molecule has 0 aliphatic carbocycles. The van der Waals surface area contributed by atoms with Crippen LogP contribution in [0.4, 0.5) is 5.69 Å². The maximum absolute atomic E-state index is 13.0. The number of nitrogens with zero attached hydrogens (tertiary/aromatic N) is 1. The van der Waals surface area contributed by atoms with Gasteiger partial charge in [0.15, 0.2) is 0 Å². The molecule has 1 atom stereocenters. The van der Waals surface area contributed by atoms with Gasteiger partial charge in [-0.05, 0) is 30.7 Å². The highest BCUT2D eigenvalue weighted by Gasteiger charge is 2.34. The van der Waals surface area contributed by atoms with Crippen molar-refractivity contribution in [2.24, 2.45) is 0 Å². The zero-order chi connectivity index (χ0) is 20.1. The first-order valence-corrected chi connectivity index (χ1v) is 8.92. The van der Waals surface area contributed by atoms with E-state index < -0.39 is 12.1 Å². The van der Waals surface area contributed by atoms with Crippen LogP contribution in [-0.2, 0) is 20.7 Å². The second-order valence-corrected chi connectivity index (χ2v) is 6.24. The fourth-order valence-corrected chi connectivity index (χ4v) is 3.27. The Bertz CT molecular complexity index is 843. The number of ether oxygens (including phenoxy) is 4. The number of carbonyl (C=O) groups is 2. The Labute approximate surface area is 163 Å². The Hall–Kier alpha value is -3.22. The normalized spacial score (nSPS) is 15.2. The van der Waals surface area contributed by atoms with E-state index in [1.807, 2.05) is 24.3 Å². The van der Waals surface area contributed by atoms with Gasteiger partial charge in [-0.25, -0.2) is 4.79 Å². The van der Waals surface area contributed by atoms with Gasteiger partial charge in [0.05, 0.1) is 33.6 Å². The molecule has 0 unspecified atom stereocenters. The van der Waals surface area contributed by atoms with Crippen LogP contribution in [0.25, 0.3) is 0 Å². The van der Waals surface area contributed by atoms with E-state index in [4.69, 9.17) is 18.9 Å². The van der Waals surface area contributed by atoms with Crippen LogP contribution in [0.5, 0.6) is 17.2 Å². The van der Waals surface area contributed by atoms with Crippen molar-refractivity contribution in [2.75, 3.05) is 32.8 Å². The summed E-state index contributed by atoms with van der Waals surface area (Å²) in [5.41, 5.74) is 1.46. The first kappa shape index (κ1) is 19.5. The standard InChI is InChI=1S/C21H23NO6/c1-25-16-9-6-10-17(26-2)14(16)11-12-20(23)22-13-19(21(24)27-3)28-18-8-5-4-7-15(18)22/h4-10,19H,11-13H2,1-3H3/t19-/m1/s1. The average Bonchev–Trinajstić information content (AvgIpc) is 2.75. The predicted molar refractivity (Wildman–Crippen MR) is 103 cm³/mol. The molecule has 0 radical (unpaired) electrons. The van der Waals surface area contributed by atoms with Crippen LogP contribution in [0.2, 0.25) is 0 Å². The summed E-state index contributed by atoms with van der Waals surface area (Å²) in [4.78, 5) is 26.6. The van der Waals surface area contributed by atoms with Crippen LogP contribution in [0.1, 0.15) is 12.0 Å². The molecule has 1 amide bonds. The average molecular weight is 385 g/mol. The molecule has 0 fully saturated rings. The number of carbonyl (C=O) groups excluding carboxylic acids is 2. The smallest absolute Gasteiger partial charge is 0.348 e. The molecule has 1 aliphatic rings. The summed E-state index contributed by atoms with van der Waals surface area (Å²) in [6, 6.07) is 12.6. The van der Waals surface area contributed by atoms with E-state index in [2.05, 4.69) is 0 Å². The Morgan fingerprint density at radius 1 is 1.04 bits per heavy atom. The van der Waals surface area contributed by atoms with Gasteiger partial charge in [-0.1, -0.05) is 18.2 Å². The molecule has 3 rings (SSSR count). The van der Waals surface area contributed by atoms with E-state index in [0.29, 0.717) is 29.4 Å². The molecule has 0 spiro atoms. The highest BCUT2D eigenvalue weighted by Crippen LogP contribution is 2.35. The number of esters is 1. The van der Waals surface area contributed by atoms with Crippen LogP contribution in [0.3, 0.4) is 0 Å². The van der Waals surface area contributed by atoms with Gasteiger partial charge in [0, 0.05) is 12.0 Å². The van der Waals surface area contributed by atoms with Crippen molar-refractivity contribution in [1.82, 2.24) is 0 Å². The summed E-state index contributed by atoms with van der Waals surface area (Å²) in [6.07, 6.45) is -0.197. The topological polar surface area (TPSA) is 74.3 Å². The minimum Gasteiger partial charge on any atom is -0.496 e. The lowest BCUT2D eigenvalue weighted by Crippen LogP contribution is -2.47. The van der Waals surface area contributed by atoms with Gasteiger partial charge in [0.2, 0.25) is 12.0 Å². The predicted octanol–water partition coefficient (Wildman–Crippen LogP) is 2.60. The van der Waals surface area contributed by atoms with Crippen LogP contribution in [0, 0.1) is 0 Å². The van der Waals surface area contributed by atoms with Gasteiger partial charge in [0.1, 0.15) is 17.2 Å². The zero-order valence-corrected chi connectivity index (χ0v) is 16.1. The number of para-hydroxylation sites is 2. The minimum absolute atomic E-state index is 0.103. The summed E-state index contributed by atoms with van der Waals surface area (Å²) < 4.78 is 21.3. The number of fused-ring (bicyclic) bond motifs is 1. The third-order valence-corrected chi connectivity index (χ3v) is 4.66. The molecule has 0 aromatic heterocycles. The van der Waals surface area contributed by atoms with Gasteiger partial charge in [-0.15, -0.1) is 0 Å². The van der Waals surface area contributed by atoms with Crippen LogP contribution < -0.4 is 19.1 Å². The molecule has 2 aromatic carbocycles. The van der Waals surface area contributed by atoms with Crippen molar-refractivity contribution in [2.45, 2.75) is 18.9 Å². The number of rotatable bonds is 6. The Morgan fingerprint density at radius 3 is 2.36 bits per heavy atom. The summed E-state index contributed by atoms with van der Waals surface area (Å²) in [5.74, 6) is 1.17. The van der Waals surface area contributed by atoms with E-state index in [9.17, 15) is 9.59 Å². The molecule has 1 aliphatic heterocycles. The lowest BCUT2D eigenvalue weighted by Gasteiger charge is -2.33. The quantitative estimate of drug-likeness (QED) is 0.712. The summed E-state index contributed by atoms with van der Waals surface area (Å²) in [6.45, 7) is 0.103. The molecular formula is C21H23NO6. The van der Waals surface area contributed by atoms with Crippen molar-refractivity contribution in [3.8, 4) is 17.2 Å². The SMILES string of the molecule is COC(=O)[C@H]1CN(C(=O)CCc2c(OC)cccc2OC)c2ccccc2O1. The molecular weight excluding hydrogens is 362 g/mol. The van der Waals surface area contributed by atoms with Crippen LogP contribution in [-0.4, -0.2) is 45.9 Å². The van der Waals surface area contributed by atoms with E-state index in [-0.39, 0.29) is 18.9 Å². The van der Waals surface area contributed by atoms with Gasteiger partial charge >= 0.3 is 5.97 Å². The molecule has 0 bridgehead atoms. The molecule has 0 saturated carbocycles. The number of hydrogen-bond acceptors (Lipinski definition) is 6. The second-order valence-electron chi connectivity index (χ2n) is 6.24. The van der Waals surface area contributed by atoms with Crippen molar-refractivity contribution in [1.29, 1.82) is 0 Å². The van der Waals surface area contributed by atoms with Crippen molar-refractivity contribution in [3.63, 3.8) is 0 Å². The van der Waals surface area contributed by atoms with E-state index >= 15 is 0 Å². The molecule has 148 valence electrons. The first-order valence-electron chi connectivity index (χ1n) is 8.92. The molecule has 0 N–H and O–H groups in total. The fraction of sp³-hybridized carbons (Fsp3) is 0.333. The van der Waals surface area contributed by atoms with Crippen molar-refractivity contribution >= 4 is 17.6 Å². The van der Waals surface area contributed by atoms with Crippen molar-refractivity contribution in [3.05, 3.63) is 48.0 Å². The van der Waals surface area contributed by atoms with E-state index in [0.717, 1.165) is 5.56 Å². The molecule has 2 aromatic rings. The Balaban J connectivity index is 1.81. The number of benzene rings is 2.